The Kier molecular flexibility index (Phi) is 3.75. The first-order valence-electron chi connectivity index (χ1n) is 4.53. The highest BCUT2D eigenvalue weighted by molar-refractivity contribution is 9.10. The van der Waals surface area contributed by atoms with Gasteiger partial charge in [0.1, 0.15) is 0 Å². The maximum absolute atomic E-state index is 12.5. The third-order valence-electron chi connectivity index (χ3n) is 2.40. The van der Waals surface area contributed by atoms with Crippen molar-refractivity contribution in [2.45, 2.75) is 24.9 Å². The highest BCUT2D eigenvalue weighted by atomic mass is 79.9. The largest absolute Gasteiger partial charge is 0.430 e. The molecule has 1 rings (SSSR count). The Labute approximate surface area is 107 Å². The van der Waals surface area contributed by atoms with Crippen LogP contribution in [0.25, 0.3) is 0 Å². The molecule has 0 amide bonds. The minimum atomic E-state index is -5.86. The van der Waals surface area contributed by atoms with Crippen LogP contribution >= 0.6 is 15.9 Å². The Morgan fingerprint density at radius 3 is 1.78 bits per heavy atom. The third kappa shape index (κ3) is 2.35. The van der Waals surface area contributed by atoms with E-state index in [-0.39, 0.29) is 5.56 Å². The molecule has 102 valence electrons. The van der Waals surface area contributed by atoms with Gasteiger partial charge in [-0.05, 0) is 18.6 Å². The van der Waals surface area contributed by atoms with E-state index in [2.05, 4.69) is 15.9 Å². The van der Waals surface area contributed by atoms with Crippen molar-refractivity contribution in [3.63, 3.8) is 0 Å². The third-order valence-corrected chi connectivity index (χ3v) is 3.29. The van der Waals surface area contributed by atoms with Crippen LogP contribution in [0.1, 0.15) is 11.1 Å². The molecule has 0 unspecified atom stereocenters. The summed E-state index contributed by atoms with van der Waals surface area (Å²) in [6.45, 7) is 1.32. The van der Waals surface area contributed by atoms with Gasteiger partial charge in [-0.15, -0.1) is 0 Å². The molecule has 0 fully saturated rings. The second-order valence-electron chi connectivity index (χ2n) is 3.67. The molecule has 0 saturated heterocycles. The molecule has 1 aromatic carbocycles. The van der Waals surface area contributed by atoms with E-state index in [1.165, 1.54) is 6.92 Å². The van der Waals surface area contributed by atoms with E-state index >= 15 is 0 Å². The van der Waals surface area contributed by atoms with E-state index < -0.39 is 23.5 Å². The summed E-state index contributed by atoms with van der Waals surface area (Å²) < 4.78 is 75.6. The lowest BCUT2D eigenvalue weighted by Gasteiger charge is -2.32. The molecule has 0 atom stereocenters. The summed E-state index contributed by atoms with van der Waals surface area (Å²) in [5.41, 5.74) is -5.98. The Morgan fingerprint density at radius 2 is 1.44 bits per heavy atom. The van der Waals surface area contributed by atoms with Gasteiger partial charge in [-0.1, -0.05) is 28.1 Å². The molecular weight excluding hydrogens is 330 g/mol. The molecule has 18 heavy (non-hydrogen) atoms. The number of alkyl halides is 6. The molecule has 0 aromatic heterocycles. The molecule has 0 bridgehead atoms. The van der Waals surface area contributed by atoms with Gasteiger partial charge in [-0.2, -0.15) is 26.3 Å². The van der Waals surface area contributed by atoms with E-state index in [9.17, 15) is 26.3 Å². The summed E-state index contributed by atoms with van der Waals surface area (Å²) in [5.74, 6) is 0. The van der Waals surface area contributed by atoms with Crippen LogP contribution in [0.5, 0.6) is 0 Å². The van der Waals surface area contributed by atoms with E-state index in [1.54, 1.807) is 0 Å². The average molecular weight is 337 g/mol. The van der Waals surface area contributed by atoms with Crippen LogP contribution in [0.4, 0.5) is 26.3 Å². The first-order valence-corrected chi connectivity index (χ1v) is 5.33. The van der Waals surface area contributed by atoms with Crippen LogP contribution in [0.15, 0.2) is 22.7 Å². The van der Waals surface area contributed by atoms with Crippen molar-refractivity contribution in [2.75, 3.05) is 0 Å². The highest BCUT2D eigenvalue weighted by Gasteiger charge is 2.71. The minimum Gasteiger partial charge on any atom is -0.369 e. The van der Waals surface area contributed by atoms with Crippen LogP contribution < -0.4 is 0 Å². The maximum Gasteiger partial charge on any atom is 0.430 e. The molecule has 1 nitrogen and oxygen atoms in total. The number of rotatable bonds is 1. The van der Waals surface area contributed by atoms with Crippen LogP contribution in [-0.2, 0) is 5.60 Å². The summed E-state index contributed by atoms with van der Waals surface area (Å²) in [5, 5.41) is 9.11. The number of aliphatic hydroxyl groups is 1. The lowest BCUT2D eigenvalue weighted by Crippen LogP contribution is -2.53. The van der Waals surface area contributed by atoms with E-state index in [1.807, 2.05) is 0 Å². The predicted octanol–water partition coefficient (Wildman–Crippen LogP) is 4.07. The second kappa shape index (κ2) is 4.41. The van der Waals surface area contributed by atoms with Crippen molar-refractivity contribution < 1.29 is 31.4 Å². The molecule has 0 radical (unpaired) electrons. The number of benzene rings is 1. The zero-order chi connectivity index (χ0) is 14.4. The zero-order valence-corrected chi connectivity index (χ0v) is 10.4. The Balaban J connectivity index is 3.51. The standard InChI is InChI=1S/C10H7BrF6O/c1-5-4-6(2-3-7(5)11)8(18,9(12,13)14)10(15,16)17/h2-4,18H,1H3. The van der Waals surface area contributed by atoms with Crippen LogP contribution in [0.2, 0.25) is 0 Å². The van der Waals surface area contributed by atoms with Gasteiger partial charge in [0.25, 0.3) is 5.60 Å². The second-order valence-corrected chi connectivity index (χ2v) is 4.52. The monoisotopic (exact) mass is 336 g/mol. The van der Waals surface area contributed by atoms with Gasteiger partial charge in [0.2, 0.25) is 0 Å². The number of aryl methyl sites for hydroxylation is 1. The van der Waals surface area contributed by atoms with Crippen molar-refractivity contribution in [2.24, 2.45) is 0 Å². The van der Waals surface area contributed by atoms with E-state index in [0.717, 1.165) is 6.07 Å². The molecule has 0 saturated carbocycles. The zero-order valence-electron chi connectivity index (χ0n) is 8.83. The lowest BCUT2D eigenvalue weighted by atomic mass is 9.91. The predicted molar refractivity (Wildman–Crippen MR) is 54.9 cm³/mol. The molecule has 0 aliphatic heterocycles. The minimum absolute atomic E-state index is 0.152. The first kappa shape index (κ1) is 15.3. The Morgan fingerprint density at radius 1 is 1.00 bits per heavy atom. The quantitative estimate of drug-likeness (QED) is 0.766. The molecule has 8 heteroatoms. The van der Waals surface area contributed by atoms with Crippen LogP contribution in [0.3, 0.4) is 0 Å². The van der Waals surface area contributed by atoms with Gasteiger partial charge >= 0.3 is 12.4 Å². The fourth-order valence-corrected chi connectivity index (χ4v) is 1.60. The Hall–Kier alpha value is -0.760. The number of hydrogen-bond donors (Lipinski definition) is 1. The number of halogens is 7. The molecule has 1 aromatic rings. The van der Waals surface area contributed by atoms with Gasteiger partial charge in [0, 0.05) is 10.0 Å². The highest BCUT2D eigenvalue weighted by Crippen LogP contribution is 2.50. The van der Waals surface area contributed by atoms with Crippen molar-refractivity contribution in [3.05, 3.63) is 33.8 Å². The Bertz CT molecular complexity index is 437. The van der Waals surface area contributed by atoms with Gasteiger partial charge in [-0.25, -0.2) is 0 Å². The fourth-order valence-electron chi connectivity index (χ4n) is 1.36. The van der Waals surface area contributed by atoms with Crippen molar-refractivity contribution >= 4 is 15.9 Å². The topological polar surface area (TPSA) is 20.2 Å². The van der Waals surface area contributed by atoms with Gasteiger partial charge in [-0.3, -0.25) is 0 Å². The molecule has 1 N–H and O–H groups in total. The first-order chi connectivity index (χ1) is 7.91. The SMILES string of the molecule is Cc1cc(C(O)(C(F)(F)F)C(F)(F)F)ccc1Br. The summed E-state index contributed by atoms with van der Waals surface area (Å²) in [6.07, 6.45) is -11.7. The van der Waals surface area contributed by atoms with E-state index in [4.69, 9.17) is 5.11 Å². The molecule has 0 aliphatic rings. The average Bonchev–Trinajstić information content (AvgIpc) is 2.17. The molecule has 0 aliphatic carbocycles. The fraction of sp³-hybridized carbons (Fsp3) is 0.400. The lowest BCUT2D eigenvalue weighted by molar-refractivity contribution is -0.376. The summed E-state index contributed by atoms with van der Waals surface area (Å²) in [7, 11) is 0. The van der Waals surface area contributed by atoms with Gasteiger partial charge in [0.05, 0.1) is 0 Å². The summed E-state index contributed by atoms with van der Waals surface area (Å²) in [4.78, 5) is 0. The summed E-state index contributed by atoms with van der Waals surface area (Å²) in [6, 6.07) is 2.25. The molecular formula is C10H7BrF6O. The summed E-state index contributed by atoms with van der Waals surface area (Å²) >= 11 is 2.95. The normalized spacial score (nSPS) is 13.8. The molecule has 0 spiro atoms. The van der Waals surface area contributed by atoms with Crippen LogP contribution in [0, 0.1) is 6.92 Å². The van der Waals surface area contributed by atoms with Gasteiger partial charge < -0.3 is 5.11 Å². The number of hydrogen-bond acceptors (Lipinski definition) is 1. The maximum atomic E-state index is 12.5. The van der Waals surface area contributed by atoms with Crippen molar-refractivity contribution in [1.29, 1.82) is 0 Å². The van der Waals surface area contributed by atoms with Crippen molar-refractivity contribution in [3.8, 4) is 0 Å². The van der Waals surface area contributed by atoms with Crippen LogP contribution in [-0.4, -0.2) is 17.5 Å². The van der Waals surface area contributed by atoms with Crippen molar-refractivity contribution in [1.82, 2.24) is 0 Å². The van der Waals surface area contributed by atoms with E-state index in [0.29, 0.717) is 16.6 Å². The smallest absolute Gasteiger partial charge is 0.369 e. The molecule has 0 heterocycles. The van der Waals surface area contributed by atoms with Gasteiger partial charge in [0.15, 0.2) is 0 Å².